The molecule has 0 amide bonds. The van der Waals surface area contributed by atoms with E-state index in [0.29, 0.717) is 6.42 Å². The first kappa shape index (κ1) is 18.1. The molecule has 1 N–H and O–H groups in total. The van der Waals surface area contributed by atoms with Crippen molar-refractivity contribution in [2.24, 2.45) is 0 Å². The molecule has 3 heterocycles. The molecule has 3 aromatic heterocycles. The van der Waals surface area contributed by atoms with Crippen molar-refractivity contribution < 1.29 is 9.53 Å². The van der Waals surface area contributed by atoms with Gasteiger partial charge in [-0.15, -0.1) is 11.3 Å². The lowest BCUT2D eigenvalue weighted by atomic mass is 10.1. The highest BCUT2D eigenvalue weighted by Crippen LogP contribution is 2.39. The third-order valence-electron chi connectivity index (χ3n) is 4.20. The van der Waals surface area contributed by atoms with E-state index in [4.69, 9.17) is 9.72 Å². The van der Waals surface area contributed by atoms with Gasteiger partial charge in [0.15, 0.2) is 0 Å². The number of nitrogens with zero attached hydrogens (tertiary/aromatic N) is 3. The van der Waals surface area contributed by atoms with Gasteiger partial charge in [-0.3, -0.25) is 9.78 Å². The molecule has 0 radical (unpaired) electrons. The van der Waals surface area contributed by atoms with Crippen molar-refractivity contribution in [3.05, 3.63) is 60.7 Å². The predicted octanol–water partition coefficient (Wildman–Crippen LogP) is 4.40. The number of thiazole rings is 1. The third-order valence-corrected chi connectivity index (χ3v) is 5.31. The second-order valence-electron chi connectivity index (χ2n) is 6.28. The molecule has 0 saturated heterocycles. The van der Waals surface area contributed by atoms with Crippen LogP contribution in [0, 0.1) is 0 Å². The molecule has 4 rings (SSSR count). The second-order valence-corrected chi connectivity index (χ2v) is 7.28. The Morgan fingerprint density at radius 3 is 2.61 bits per heavy atom. The molecule has 0 unspecified atom stereocenters. The van der Waals surface area contributed by atoms with Crippen LogP contribution in [0.5, 0.6) is 5.75 Å². The lowest BCUT2D eigenvalue weighted by Crippen LogP contribution is -1.98. The maximum atomic E-state index is 11.4. The third kappa shape index (κ3) is 3.70. The highest BCUT2D eigenvalue weighted by atomic mass is 32.1. The molecule has 0 atom stereocenters. The van der Waals surface area contributed by atoms with Crippen LogP contribution in [-0.2, 0) is 11.2 Å². The summed E-state index contributed by atoms with van der Waals surface area (Å²) >= 11 is 1.55. The van der Waals surface area contributed by atoms with Crippen molar-refractivity contribution in [3.63, 3.8) is 0 Å². The predicted molar refractivity (Wildman–Crippen MR) is 109 cm³/mol. The largest absolute Gasteiger partial charge is 0.497 e. The normalized spacial score (nSPS) is 10.8. The summed E-state index contributed by atoms with van der Waals surface area (Å²) in [6.07, 6.45) is 5.55. The van der Waals surface area contributed by atoms with Gasteiger partial charge in [-0.2, -0.15) is 0 Å². The summed E-state index contributed by atoms with van der Waals surface area (Å²) < 4.78 is 5.26. The van der Waals surface area contributed by atoms with Crippen LogP contribution < -0.4 is 4.74 Å². The molecule has 0 spiro atoms. The average Bonchev–Trinajstić information content (AvgIpc) is 3.37. The van der Waals surface area contributed by atoms with Gasteiger partial charge in [0, 0.05) is 41.8 Å². The number of ether oxygens (including phenoxy) is 1. The zero-order chi connectivity index (χ0) is 19.5. The summed E-state index contributed by atoms with van der Waals surface area (Å²) in [5.74, 6) is 1.65. The summed E-state index contributed by atoms with van der Waals surface area (Å²) in [6, 6.07) is 11.6. The molecule has 0 fully saturated rings. The Kier molecular flexibility index (Phi) is 4.99. The maximum Gasteiger partial charge on any atom is 0.149 e. The number of methoxy groups -OCH3 is 1. The van der Waals surface area contributed by atoms with Gasteiger partial charge in [0.1, 0.15) is 22.4 Å². The standard InChI is InChI=1S/C21H18N4O2S/c1-13(26)11-16-12-15(7-8-22-16)21-25-18(14-3-5-17(27-2)6-4-14)19(28-21)20-23-9-10-24-20/h3-10,12H,11H2,1-2H3,(H,23,24). The molecule has 0 aliphatic heterocycles. The van der Waals surface area contributed by atoms with Crippen molar-refractivity contribution in [1.82, 2.24) is 19.9 Å². The van der Waals surface area contributed by atoms with Gasteiger partial charge >= 0.3 is 0 Å². The van der Waals surface area contributed by atoms with E-state index in [1.165, 1.54) is 0 Å². The highest BCUT2D eigenvalue weighted by Gasteiger charge is 2.18. The Labute approximate surface area is 166 Å². The number of benzene rings is 1. The minimum Gasteiger partial charge on any atom is -0.497 e. The first-order chi connectivity index (χ1) is 13.6. The molecule has 0 saturated carbocycles. The minimum absolute atomic E-state index is 0.0824. The van der Waals surface area contributed by atoms with Gasteiger partial charge in [-0.05, 0) is 43.3 Å². The molecule has 1 aromatic carbocycles. The molecular weight excluding hydrogens is 372 g/mol. The van der Waals surface area contributed by atoms with Gasteiger partial charge in [0.25, 0.3) is 0 Å². The van der Waals surface area contributed by atoms with Crippen LogP contribution in [0.25, 0.3) is 32.5 Å². The molecule has 0 aliphatic rings. The van der Waals surface area contributed by atoms with E-state index in [0.717, 1.165) is 44.0 Å². The van der Waals surface area contributed by atoms with E-state index in [9.17, 15) is 4.79 Å². The van der Waals surface area contributed by atoms with Crippen LogP contribution >= 0.6 is 11.3 Å². The van der Waals surface area contributed by atoms with Gasteiger partial charge in [0.2, 0.25) is 0 Å². The number of rotatable bonds is 6. The topological polar surface area (TPSA) is 80.8 Å². The van der Waals surface area contributed by atoms with Crippen molar-refractivity contribution in [2.75, 3.05) is 7.11 Å². The number of aromatic nitrogens is 4. The smallest absolute Gasteiger partial charge is 0.149 e. The fourth-order valence-electron chi connectivity index (χ4n) is 2.90. The first-order valence-corrected chi connectivity index (χ1v) is 9.55. The van der Waals surface area contributed by atoms with E-state index in [1.54, 1.807) is 44.0 Å². The molecular formula is C21H18N4O2S. The summed E-state index contributed by atoms with van der Waals surface area (Å²) in [6.45, 7) is 1.56. The molecule has 6 nitrogen and oxygen atoms in total. The summed E-state index contributed by atoms with van der Waals surface area (Å²) in [5.41, 5.74) is 3.50. The van der Waals surface area contributed by atoms with E-state index in [-0.39, 0.29) is 5.78 Å². The van der Waals surface area contributed by atoms with Crippen LogP contribution in [-0.4, -0.2) is 32.8 Å². The number of nitrogens with one attached hydrogen (secondary N) is 1. The van der Waals surface area contributed by atoms with Crippen LogP contribution in [0.2, 0.25) is 0 Å². The first-order valence-electron chi connectivity index (χ1n) is 8.74. The minimum atomic E-state index is 0.0824. The zero-order valence-electron chi connectivity index (χ0n) is 15.5. The lowest BCUT2D eigenvalue weighted by molar-refractivity contribution is -0.116. The lowest BCUT2D eigenvalue weighted by Gasteiger charge is -2.03. The second kappa shape index (κ2) is 7.74. The fourth-order valence-corrected chi connectivity index (χ4v) is 3.94. The van der Waals surface area contributed by atoms with Gasteiger partial charge in [-0.1, -0.05) is 0 Å². The van der Waals surface area contributed by atoms with E-state index in [2.05, 4.69) is 15.0 Å². The number of ketones is 1. The number of hydrogen-bond acceptors (Lipinski definition) is 6. The molecule has 7 heteroatoms. The maximum absolute atomic E-state index is 11.4. The van der Waals surface area contributed by atoms with Gasteiger partial charge < -0.3 is 9.72 Å². The van der Waals surface area contributed by atoms with E-state index >= 15 is 0 Å². The Morgan fingerprint density at radius 1 is 1.11 bits per heavy atom. The Hall–Kier alpha value is -3.32. The summed E-state index contributed by atoms with van der Waals surface area (Å²) in [5, 5.41) is 0.851. The van der Waals surface area contributed by atoms with Gasteiger partial charge in [0.05, 0.1) is 17.7 Å². The van der Waals surface area contributed by atoms with Crippen molar-refractivity contribution in [2.45, 2.75) is 13.3 Å². The Morgan fingerprint density at radius 2 is 1.93 bits per heavy atom. The van der Waals surface area contributed by atoms with Crippen molar-refractivity contribution in [1.29, 1.82) is 0 Å². The molecule has 0 aliphatic carbocycles. The summed E-state index contributed by atoms with van der Waals surface area (Å²) in [7, 11) is 1.65. The number of Topliss-reactive ketones (excluding diaryl/α,β-unsaturated/α-hetero) is 1. The highest BCUT2D eigenvalue weighted by molar-refractivity contribution is 7.18. The number of carbonyl (C=O) groups excluding carboxylic acids is 1. The van der Waals surface area contributed by atoms with Crippen molar-refractivity contribution in [3.8, 4) is 38.3 Å². The van der Waals surface area contributed by atoms with Crippen molar-refractivity contribution >= 4 is 17.1 Å². The summed E-state index contributed by atoms with van der Waals surface area (Å²) in [4.78, 5) is 29.1. The fraction of sp³-hybridized carbons (Fsp3) is 0.143. The number of carbonyl (C=O) groups is 1. The number of aromatic amines is 1. The Balaban J connectivity index is 1.80. The van der Waals surface area contributed by atoms with E-state index < -0.39 is 0 Å². The molecule has 140 valence electrons. The average molecular weight is 390 g/mol. The number of H-pyrrole nitrogens is 1. The van der Waals surface area contributed by atoms with Crippen LogP contribution in [0.3, 0.4) is 0 Å². The quantitative estimate of drug-likeness (QED) is 0.528. The molecule has 0 bridgehead atoms. The Bertz CT molecular complexity index is 1100. The van der Waals surface area contributed by atoms with Gasteiger partial charge in [-0.25, -0.2) is 9.97 Å². The monoisotopic (exact) mass is 390 g/mol. The van der Waals surface area contributed by atoms with Crippen LogP contribution in [0.1, 0.15) is 12.6 Å². The number of pyridine rings is 1. The SMILES string of the molecule is COc1ccc(-c2nc(-c3ccnc(CC(C)=O)c3)sc2-c2ncc[nH]2)cc1. The zero-order valence-corrected chi connectivity index (χ0v) is 16.3. The van der Waals surface area contributed by atoms with Crippen LogP contribution in [0.15, 0.2) is 55.0 Å². The number of hydrogen-bond donors (Lipinski definition) is 1. The number of imidazole rings is 1. The molecule has 4 aromatic rings. The van der Waals surface area contributed by atoms with Crippen LogP contribution in [0.4, 0.5) is 0 Å². The van der Waals surface area contributed by atoms with E-state index in [1.807, 2.05) is 36.4 Å². The molecule has 28 heavy (non-hydrogen) atoms.